The van der Waals surface area contributed by atoms with Gasteiger partial charge in [-0.15, -0.1) is 0 Å². The normalized spacial score (nSPS) is 36.9. The molecule has 0 aromatic carbocycles. The Bertz CT molecular complexity index is 501. The lowest BCUT2D eigenvalue weighted by Crippen LogP contribution is -2.56. The Hall–Kier alpha value is -1.42. The van der Waals surface area contributed by atoms with Crippen LogP contribution in [-0.4, -0.2) is 29.6 Å². The molecule has 0 amide bonds. The summed E-state index contributed by atoms with van der Waals surface area (Å²) in [6.45, 7) is 7.31. The molecule has 0 aliphatic heterocycles. The standard InChI is InChI=1S/C16H22O4/c1-10(14(18)20-4)11-5-6-12-7-8-13(17)16(3,19)15(12,2)9-11/h6,11,19H,1,5,7-9H2,2-4H3/t11-,15+,16-/m1/s1. The first kappa shape index (κ1) is 15.0. The van der Waals surface area contributed by atoms with Crippen molar-refractivity contribution in [2.75, 3.05) is 7.11 Å². The minimum Gasteiger partial charge on any atom is -0.466 e. The predicted octanol–water partition coefficient (Wildman–Crippen LogP) is 2.17. The van der Waals surface area contributed by atoms with Crippen molar-refractivity contribution >= 4 is 11.8 Å². The molecular weight excluding hydrogens is 256 g/mol. The number of hydrogen-bond acceptors (Lipinski definition) is 4. The van der Waals surface area contributed by atoms with Crippen molar-refractivity contribution in [1.82, 2.24) is 0 Å². The topological polar surface area (TPSA) is 63.6 Å². The summed E-state index contributed by atoms with van der Waals surface area (Å²) in [5.74, 6) is -0.632. The summed E-state index contributed by atoms with van der Waals surface area (Å²) in [4.78, 5) is 23.7. The molecule has 0 aromatic heterocycles. The van der Waals surface area contributed by atoms with Crippen LogP contribution in [0.3, 0.4) is 0 Å². The van der Waals surface area contributed by atoms with E-state index < -0.39 is 17.0 Å². The molecule has 20 heavy (non-hydrogen) atoms. The third kappa shape index (κ3) is 2.03. The van der Waals surface area contributed by atoms with Crippen molar-refractivity contribution in [2.24, 2.45) is 11.3 Å². The molecule has 3 atom stereocenters. The average molecular weight is 278 g/mol. The Morgan fingerprint density at radius 2 is 2.10 bits per heavy atom. The van der Waals surface area contributed by atoms with E-state index in [2.05, 4.69) is 12.7 Å². The first-order valence-electron chi connectivity index (χ1n) is 6.96. The maximum atomic E-state index is 12.1. The number of esters is 1. The zero-order valence-corrected chi connectivity index (χ0v) is 12.4. The van der Waals surface area contributed by atoms with E-state index in [4.69, 9.17) is 4.74 Å². The van der Waals surface area contributed by atoms with Gasteiger partial charge in [-0.05, 0) is 32.1 Å². The van der Waals surface area contributed by atoms with Gasteiger partial charge in [0.2, 0.25) is 0 Å². The molecule has 1 fully saturated rings. The summed E-state index contributed by atoms with van der Waals surface area (Å²) < 4.78 is 4.72. The van der Waals surface area contributed by atoms with Gasteiger partial charge in [0.05, 0.1) is 7.11 Å². The van der Waals surface area contributed by atoms with Gasteiger partial charge >= 0.3 is 5.97 Å². The number of Topliss-reactive ketones (excluding diaryl/α,β-unsaturated/α-hetero) is 1. The molecule has 2 aliphatic carbocycles. The van der Waals surface area contributed by atoms with Crippen LogP contribution in [0.1, 0.15) is 39.5 Å². The summed E-state index contributed by atoms with van der Waals surface area (Å²) in [6.07, 6.45) is 4.40. The second kappa shape index (κ2) is 4.85. The third-order valence-corrected chi connectivity index (χ3v) is 5.19. The number of ketones is 1. The number of hydrogen-bond donors (Lipinski definition) is 1. The summed E-state index contributed by atoms with van der Waals surface area (Å²) in [5, 5.41) is 10.7. The van der Waals surface area contributed by atoms with Crippen molar-refractivity contribution in [3.05, 3.63) is 23.8 Å². The number of fused-ring (bicyclic) bond motifs is 1. The Labute approximate surface area is 119 Å². The maximum absolute atomic E-state index is 12.1. The molecule has 1 saturated carbocycles. The number of methoxy groups -OCH3 is 1. The number of rotatable bonds is 2. The zero-order chi connectivity index (χ0) is 15.1. The second-order valence-electron chi connectivity index (χ2n) is 6.21. The van der Waals surface area contributed by atoms with E-state index in [9.17, 15) is 14.7 Å². The highest BCUT2D eigenvalue weighted by Crippen LogP contribution is 2.53. The third-order valence-electron chi connectivity index (χ3n) is 5.19. The molecule has 4 nitrogen and oxygen atoms in total. The minimum absolute atomic E-state index is 0.0893. The molecule has 0 heterocycles. The highest BCUT2D eigenvalue weighted by atomic mass is 16.5. The number of carbonyl (C=O) groups excluding carboxylic acids is 2. The number of ether oxygens (including phenoxy) is 1. The molecule has 110 valence electrons. The van der Waals surface area contributed by atoms with Crippen molar-refractivity contribution in [2.45, 2.75) is 45.1 Å². The van der Waals surface area contributed by atoms with Crippen molar-refractivity contribution in [3.8, 4) is 0 Å². The molecule has 0 radical (unpaired) electrons. The average Bonchev–Trinajstić information content (AvgIpc) is 2.42. The van der Waals surface area contributed by atoms with Gasteiger partial charge in [0.15, 0.2) is 5.78 Å². The number of aliphatic hydroxyl groups is 1. The van der Waals surface area contributed by atoms with Crippen LogP contribution in [0, 0.1) is 11.3 Å². The Morgan fingerprint density at radius 1 is 1.45 bits per heavy atom. The van der Waals surface area contributed by atoms with E-state index in [1.807, 2.05) is 6.92 Å². The lowest BCUT2D eigenvalue weighted by molar-refractivity contribution is -0.152. The van der Waals surface area contributed by atoms with E-state index in [-0.39, 0.29) is 11.7 Å². The lowest BCUT2D eigenvalue weighted by Gasteiger charge is -2.50. The molecule has 0 unspecified atom stereocenters. The molecule has 0 saturated heterocycles. The fourth-order valence-electron chi connectivity index (χ4n) is 3.47. The van der Waals surface area contributed by atoms with Crippen LogP contribution in [-0.2, 0) is 14.3 Å². The lowest BCUT2D eigenvalue weighted by atomic mass is 9.55. The van der Waals surface area contributed by atoms with Gasteiger partial charge in [0.25, 0.3) is 0 Å². The van der Waals surface area contributed by atoms with E-state index in [1.54, 1.807) is 6.92 Å². The molecule has 1 N–H and O–H groups in total. The monoisotopic (exact) mass is 278 g/mol. The van der Waals surface area contributed by atoms with Gasteiger partial charge in [-0.2, -0.15) is 0 Å². The predicted molar refractivity (Wildman–Crippen MR) is 74.9 cm³/mol. The SMILES string of the molecule is C=C(C(=O)OC)[C@@H]1CC=C2CCC(=O)[C@@](C)(O)[C@@]2(C)C1. The van der Waals surface area contributed by atoms with Crippen LogP contribution in [0.15, 0.2) is 23.8 Å². The first-order valence-corrected chi connectivity index (χ1v) is 6.96. The van der Waals surface area contributed by atoms with Crippen molar-refractivity contribution < 1.29 is 19.4 Å². The number of allylic oxidation sites excluding steroid dienone is 1. The maximum Gasteiger partial charge on any atom is 0.333 e. The van der Waals surface area contributed by atoms with Gasteiger partial charge in [0.1, 0.15) is 5.60 Å². The fourth-order valence-corrected chi connectivity index (χ4v) is 3.47. The van der Waals surface area contributed by atoms with Gasteiger partial charge in [-0.25, -0.2) is 4.79 Å². The summed E-state index contributed by atoms with van der Waals surface area (Å²) >= 11 is 0. The second-order valence-corrected chi connectivity index (χ2v) is 6.21. The molecule has 2 aliphatic rings. The summed E-state index contributed by atoms with van der Waals surface area (Å²) in [7, 11) is 1.33. The van der Waals surface area contributed by atoms with Gasteiger partial charge in [-0.1, -0.05) is 25.2 Å². The zero-order valence-electron chi connectivity index (χ0n) is 12.4. The Morgan fingerprint density at radius 3 is 2.70 bits per heavy atom. The fraction of sp³-hybridized carbons (Fsp3) is 0.625. The minimum atomic E-state index is -1.38. The number of carbonyl (C=O) groups is 2. The molecular formula is C16H22O4. The van der Waals surface area contributed by atoms with E-state index in [0.717, 1.165) is 5.57 Å². The molecule has 0 spiro atoms. The van der Waals surface area contributed by atoms with Crippen LogP contribution in [0.25, 0.3) is 0 Å². The molecule has 0 aromatic rings. The van der Waals surface area contributed by atoms with Crippen LogP contribution >= 0.6 is 0 Å². The van der Waals surface area contributed by atoms with Crippen LogP contribution < -0.4 is 0 Å². The molecule has 4 heteroatoms. The molecule has 2 rings (SSSR count). The quantitative estimate of drug-likeness (QED) is 0.477. The van der Waals surface area contributed by atoms with Crippen molar-refractivity contribution in [1.29, 1.82) is 0 Å². The van der Waals surface area contributed by atoms with E-state index >= 15 is 0 Å². The van der Waals surface area contributed by atoms with Crippen LogP contribution in [0.5, 0.6) is 0 Å². The highest BCUT2D eigenvalue weighted by molar-refractivity contribution is 5.90. The van der Waals surface area contributed by atoms with E-state index in [0.29, 0.717) is 31.3 Å². The Kier molecular flexibility index (Phi) is 3.63. The van der Waals surface area contributed by atoms with Crippen LogP contribution in [0.4, 0.5) is 0 Å². The van der Waals surface area contributed by atoms with Gasteiger partial charge in [0, 0.05) is 17.4 Å². The summed E-state index contributed by atoms with van der Waals surface area (Å²) in [5.41, 5.74) is -0.470. The van der Waals surface area contributed by atoms with Gasteiger partial charge < -0.3 is 9.84 Å². The smallest absolute Gasteiger partial charge is 0.333 e. The Balaban J connectivity index is 2.33. The van der Waals surface area contributed by atoms with E-state index in [1.165, 1.54) is 7.11 Å². The van der Waals surface area contributed by atoms with Gasteiger partial charge in [-0.3, -0.25) is 4.79 Å². The van der Waals surface area contributed by atoms with Crippen LogP contribution in [0.2, 0.25) is 0 Å². The first-order chi connectivity index (χ1) is 9.24. The summed E-state index contributed by atoms with van der Waals surface area (Å²) in [6, 6.07) is 0. The highest BCUT2D eigenvalue weighted by Gasteiger charge is 2.55. The molecule has 0 bridgehead atoms. The largest absolute Gasteiger partial charge is 0.466 e. The van der Waals surface area contributed by atoms with Crippen molar-refractivity contribution in [3.63, 3.8) is 0 Å².